The van der Waals surface area contributed by atoms with E-state index in [1.165, 1.54) is 36.9 Å². The summed E-state index contributed by atoms with van der Waals surface area (Å²) in [7, 11) is 0. The highest BCUT2D eigenvalue weighted by Crippen LogP contribution is 2.39. The molecule has 0 aliphatic rings. The molecule has 0 atom stereocenters. The quantitative estimate of drug-likeness (QED) is 0.165. The molecule has 10 aromatic rings. The molecule has 3 heterocycles. The van der Waals surface area contributed by atoms with Gasteiger partial charge in [-0.05, 0) is 93.0 Å². The van der Waals surface area contributed by atoms with Crippen molar-refractivity contribution in [3.8, 4) is 78.4 Å². The van der Waals surface area contributed by atoms with E-state index in [1.807, 2.05) is 41.8 Å². The summed E-state index contributed by atoms with van der Waals surface area (Å²) >= 11 is 1.84. The number of hydrogen-bond donors (Lipinski definition) is 0. The summed E-state index contributed by atoms with van der Waals surface area (Å²) in [5, 5.41) is 2.57. The molecule has 55 heavy (non-hydrogen) atoms. The van der Waals surface area contributed by atoms with Crippen LogP contribution in [0, 0.1) is 0 Å². The van der Waals surface area contributed by atoms with Crippen molar-refractivity contribution in [1.82, 2.24) is 15.0 Å². The van der Waals surface area contributed by atoms with Crippen LogP contribution in [-0.4, -0.2) is 15.0 Å². The van der Waals surface area contributed by atoms with Crippen molar-refractivity contribution in [2.45, 2.75) is 0 Å². The van der Waals surface area contributed by atoms with Crippen molar-refractivity contribution in [2.24, 2.45) is 0 Å². The maximum Gasteiger partial charge on any atom is 0.160 e. The van der Waals surface area contributed by atoms with Crippen LogP contribution in [0.3, 0.4) is 0 Å². The predicted octanol–water partition coefficient (Wildman–Crippen LogP) is 13.9. The van der Waals surface area contributed by atoms with Gasteiger partial charge in [0.2, 0.25) is 0 Å². The van der Waals surface area contributed by atoms with E-state index in [0.717, 1.165) is 55.9 Å². The number of thiophene rings is 1. The Bertz CT molecular complexity index is 2940. The second-order valence-electron chi connectivity index (χ2n) is 13.7. The topological polar surface area (TPSA) is 38.7 Å². The Morgan fingerprint density at radius 2 is 0.818 bits per heavy atom. The minimum atomic E-state index is 0.690. The van der Waals surface area contributed by atoms with E-state index in [0.29, 0.717) is 5.82 Å². The van der Waals surface area contributed by atoms with Gasteiger partial charge in [-0.2, -0.15) is 0 Å². The molecule has 0 aliphatic carbocycles. The standard InChI is InChI=1S/C51H33N3S/c1-3-10-34(11-4-1)35-17-19-37(20-18-35)42-28-43(40-25-26-50-46(31-40)45-15-7-8-16-49(45)55-50)30-44(29-42)48-32-47(53-51(54-48)39-12-5-2-6-13-39)38-23-21-36(22-24-38)41-14-9-27-52-33-41/h1-33H. The van der Waals surface area contributed by atoms with E-state index < -0.39 is 0 Å². The maximum atomic E-state index is 5.25. The Hall–Kier alpha value is -7.01. The molecule has 3 aromatic heterocycles. The van der Waals surface area contributed by atoms with Gasteiger partial charge in [-0.25, -0.2) is 9.97 Å². The van der Waals surface area contributed by atoms with Gasteiger partial charge in [0.15, 0.2) is 5.82 Å². The molecule has 0 saturated carbocycles. The molecule has 0 saturated heterocycles. The molecule has 0 radical (unpaired) electrons. The van der Waals surface area contributed by atoms with Crippen LogP contribution >= 0.6 is 11.3 Å². The van der Waals surface area contributed by atoms with Crippen LogP contribution in [0.1, 0.15) is 0 Å². The number of nitrogens with zero attached hydrogens (tertiary/aromatic N) is 3. The van der Waals surface area contributed by atoms with E-state index in [4.69, 9.17) is 9.97 Å². The first-order valence-electron chi connectivity index (χ1n) is 18.4. The number of rotatable bonds is 7. The lowest BCUT2D eigenvalue weighted by Crippen LogP contribution is -1.96. The first kappa shape index (κ1) is 32.6. The largest absolute Gasteiger partial charge is 0.264 e. The second kappa shape index (κ2) is 14.1. The molecular formula is C51H33N3S. The fourth-order valence-corrected chi connectivity index (χ4v) is 8.41. The molecule has 0 bridgehead atoms. The third-order valence-electron chi connectivity index (χ3n) is 10.2. The predicted molar refractivity (Wildman–Crippen MR) is 231 cm³/mol. The highest BCUT2D eigenvalue weighted by Gasteiger charge is 2.15. The SMILES string of the molecule is c1ccc(-c2ccc(-c3cc(-c4ccc5sc6ccccc6c5c4)cc(-c4cc(-c5ccc(-c6cccnc6)cc5)nc(-c5ccccc5)n4)c3)cc2)cc1. The average molecular weight is 720 g/mol. The third-order valence-corrected chi connectivity index (χ3v) is 11.3. The highest BCUT2D eigenvalue weighted by molar-refractivity contribution is 7.25. The summed E-state index contributed by atoms with van der Waals surface area (Å²) in [5.74, 6) is 0.690. The number of hydrogen-bond acceptors (Lipinski definition) is 4. The zero-order valence-corrected chi connectivity index (χ0v) is 30.6. The Morgan fingerprint density at radius 1 is 0.309 bits per heavy atom. The molecule has 0 amide bonds. The van der Waals surface area contributed by atoms with E-state index >= 15 is 0 Å². The number of aromatic nitrogens is 3. The Kier molecular flexibility index (Phi) is 8.36. The Labute approximate surface area is 323 Å². The van der Waals surface area contributed by atoms with Crippen LogP contribution in [0.5, 0.6) is 0 Å². The molecule has 4 heteroatoms. The monoisotopic (exact) mass is 719 g/mol. The van der Waals surface area contributed by atoms with Crippen LogP contribution in [0.15, 0.2) is 200 Å². The fraction of sp³-hybridized carbons (Fsp3) is 0. The first-order chi connectivity index (χ1) is 27.2. The zero-order valence-electron chi connectivity index (χ0n) is 29.8. The molecule has 0 aliphatic heterocycles. The van der Waals surface area contributed by atoms with Gasteiger partial charge in [0.1, 0.15) is 0 Å². The van der Waals surface area contributed by atoms with Gasteiger partial charge >= 0.3 is 0 Å². The molecule has 0 N–H and O–H groups in total. The van der Waals surface area contributed by atoms with Gasteiger partial charge in [-0.3, -0.25) is 4.98 Å². The van der Waals surface area contributed by atoms with Crippen LogP contribution in [-0.2, 0) is 0 Å². The molecule has 0 unspecified atom stereocenters. The van der Waals surface area contributed by atoms with Crippen molar-refractivity contribution >= 4 is 31.5 Å². The maximum absolute atomic E-state index is 5.25. The van der Waals surface area contributed by atoms with Gasteiger partial charge in [-0.15, -0.1) is 11.3 Å². The zero-order chi connectivity index (χ0) is 36.6. The summed E-state index contributed by atoms with van der Waals surface area (Å²) in [4.78, 5) is 14.7. The number of benzene rings is 7. The molecule has 0 spiro atoms. The molecule has 7 aromatic carbocycles. The second-order valence-corrected chi connectivity index (χ2v) is 14.8. The Balaban J connectivity index is 1.14. The van der Waals surface area contributed by atoms with Gasteiger partial charge in [-0.1, -0.05) is 140 Å². The lowest BCUT2D eigenvalue weighted by Gasteiger charge is -2.14. The van der Waals surface area contributed by atoms with E-state index in [-0.39, 0.29) is 0 Å². The van der Waals surface area contributed by atoms with Crippen molar-refractivity contribution < 1.29 is 0 Å². The smallest absolute Gasteiger partial charge is 0.160 e. The van der Waals surface area contributed by atoms with Crippen LogP contribution in [0.4, 0.5) is 0 Å². The van der Waals surface area contributed by atoms with Crippen LogP contribution in [0.2, 0.25) is 0 Å². The number of pyridine rings is 1. The molecule has 258 valence electrons. The van der Waals surface area contributed by atoms with Crippen molar-refractivity contribution in [1.29, 1.82) is 0 Å². The van der Waals surface area contributed by atoms with Crippen LogP contribution < -0.4 is 0 Å². The van der Waals surface area contributed by atoms with Gasteiger partial charge < -0.3 is 0 Å². The summed E-state index contributed by atoms with van der Waals surface area (Å²) in [6, 6.07) is 66.8. The summed E-state index contributed by atoms with van der Waals surface area (Å²) in [5.41, 5.74) is 13.9. The van der Waals surface area contributed by atoms with E-state index in [2.05, 4.69) is 169 Å². The summed E-state index contributed by atoms with van der Waals surface area (Å²) < 4.78 is 2.60. The van der Waals surface area contributed by atoms with E-state index in [1.54, 1.807) is 6.20 Å². The van der Waals surface area contributed by atoms with Crippen molar-refractivity contribution in [3.05, 3.63) is 200 Å². The van der Waals surface area contributed by atoms with Crippen molar-refractivity contribution in [3.63, 3.8) is 0 Å². The lowest BCUT2D eigenvalue weighted by molar-refractivity contribution is 1.18. The van der Waals surface area contributed by atoms with Gasteiger partial charge in [0.05, 0.1) is 11.4 Å². The minimum absolute atomic E-state index is 0.690. The molecule has 3 nitrogen and oxygen atoms in total. The summed E-state index contributed by atoms with van der Waals surface area (Å²) in [6.45, 7) is 0. The molecule has 10 rings (SSSR count). The third kappa shape index (κ3) is 6.50. The first-order valence-corrected chi connectivity index (χ1v) is 19.2. The van der Waals surface area contributed by atoms with Crippen molar-refractivity contribution in [2.75, 3.05) is 0 Å². The normalized spacial score (nSPS) is 11.3. The Morgan fingerprint density at radius 3 is 1.53 bits per heavy atom. The average Bonchev–Trinajstić information content (AvgIpc) is 3.65. The number of fused-ring (bicyclic) bond motifs is 3. The molecular weight excluding hydrogens is 687 g/mol. The lowest BCUT2D eigenvalue weighted by atomic mass is 9.93. The summed E-state index contributed by atoms with van der Waals surface area (Å²) in [6.07, 6.45) is 3.69. The van der Waals surface area contributed by atoms with Gasteiger partial charge in [0.25, 0.3) is 0 Å². The molecule has 0 fully saturated rings. The fourth-order valence-electron chi connectivity index (χ4n) is 7.33. The minimum Gasteiger partial charge on any atom is -0.264 e. The van der Waals surface area contributed by atoms with Gasteiger partial charge in [0, 0.05) is 49.3 Å². The van der Waals surface area contributed by atoms with E-state index in [9.17, 15) is 0 Å². The highest BCUT2D eigenvalue weighted by atomic mass is 32.1. The van der Waals surface area contributed by atoms with Crippen LogP contribution in [0.25, 0.3) is 98.6 Å².